The topological polar surface area (TPSA) is 53.6 Å². The number of nitrogens with zero attached hydrogens (tertiary/aromatic N) is 2. The first-order valence-corrected chi connectivity index (χ1v) is 8.47. The summed E-state index contributed by atoms with van der Waals surface area (Å²) in [6.45, 7) is 0. The molecule has 0 aliphatic carbocycles. The molecule has 0 radical (unpaired) electrons. The van der Waals surface area contributed by atoms with Gasteiger partial charge in [0.2, 0.25) is 5.75 Å². The van der Waals surface area contributed by atoms with Gasteiger partial charge in [-0.2, -0.15) is 0 Å². The first-order valence-electron chi connectivity index (χ1n) is 8.47. The van der Waals surface area contributed by atoms with Crippen LogP contribution in [-0.4, -0.2) is 31.7 Å². The highest BCUT2D eigenvalue weighted by Gasteiger charge is 2.29. The van der Waals surface area contributed by atoms with Crippen LogP contribution in [0.15, 0.2) is 48.7 Å². The molecule has 3 aromatic rings. The molecule has 0 saturated carbocycles. The molecule has 0 amide bonds. The smallest absolute Gasteiger partial charge is 0.330 e. The highest BCUT2D eigenvalue weighted by molar-refractivity contribution is 6.07. The van der Waals surface area contributed by atoms with Gasteiger partial charge in [-0.25, -0.2) is 9.13 Å². The molecule has 0 bridgehead atoms. The fraction of sp³-hybridized carbons (Fsp3) is 0.238. The van der Waals surface area contributed by atoms with Gasteiger partial charge in [0.15, 0.2) is 17.2 Å². The lowest BCUT2D eigenvalue weighted by Gasteiger charge is -2.13. The molecule has 0 N–H and O–H groups in total. The van der Waals surface area contributed by atoms with E-state index in [0.29, 0.717) is 28.6 Å². The van der Waals surface area contributed by atoms with E-state index in [0.717, 1.165) is 11.3 Å². The molecule has 1 heterocycles. The summed E-state index contributed by atoms with van der Waals surface area (Å²) in [6, 6.07) is 13.3. The maximum absolute atomic E-state index is 13.3. The minimum absolute atomic E-state index is 0.138. The first kappa shape index (κ1) is 18.5. The molecule has 6 nitrogen and oxygen atoms in total. The van der Waals surface area contributed by atoms with Crippen molar-refractivity contribution in [3.63, 3.8) is 0 Å². The van der Waals surface area contributed by atoms with Crippen LogP contribution >= 0.6 is 0 Å². The van der Waals surface area contributed by atoms with Crippen molar-refractivity contribution in [2.75, 3.05) is 21.3 Å². The Morgan fingerprint density at radius 1 is 0.963 bits per heavy atom. The minimum atomic E-state index is -0.138. The van der Waals surface area contributed by atoms with Crippen LogP contribution in [0.4, 0.5) is 0 Å². The van der Waals surface area contributed by atoms with Crippen molar-refractivity contribution < 1.29 is 23.6 Å². The lowest BCUT2D eigenvalue weighted by atomic mass is 10.1. The second-order valence-electron chi connectivity index (χ2n) is 6.12. The van der Waals surface area contributed by atoms with E-state index in [1.807, 2.05) is 59.8 Å². The van der Waals surface area contributed by atoms with Crippen LogP contribution in [0.2, 0.25) is 0 Å². The number of ether oxygens (including phenoxy) is 3. The Labute approximate surface area is 158 Å². The number of rotatable bonds is 6. The maximum atomic E-state index is 13.3. The van der Waals surface area contributed by atoms with E-state index in [9.17, 15) is 4.79 Å². The second-order valence-corrected chi connectivity index (χ2v) is 6.12. The van der Waals surface area contributed by atoms with E-state index in [-0.39, 0.29) is 5.78 Å². The lowest BCUT2D eigenvalue weighted by molar-refractivity contribution is -0.672. The standard InChI is InChI=1S/C21H23N2O4/c1-22-13-16(14-9-7-6-8-10-14)23(2)21(22)19(24)15-11-17(25-3)20(27-5)18(12-15)26-4/h6-13H,1-5H3/q+1. The van der Waals surface area contributed by atoms with Crippen LogP contribution in [0.5, 0.6) is 17.2 Å². The SMILES string of the molecule is COc1cc(C(=O)c2n(C)c(-c3ccccc3)c[n+]2C)cc(OC)c1OC. The van der Waals surface area contributed by atoms with Gasteiger partial charge < -0.3 is 14.2 Å². The normalized spacial score (nSPS) is 10.6. The Bertz CT molecular complexity index is 952. The molecule has 0 unspecified atom stereocenters. The van der Waals surface area contributed by atoms with Crippen molar-refractivity contribution in [1.29, 1.82) is 0 Å². The van der Waals surface area contributed by atoms with Crippen molar-refractivity contribution in [3.05, 3.63) is 60.0 Å². The van der Waals surface area contributed by atoms with Crippen molar-refractivity contribution in [2.24, 2.45) is 14.1 Å². The number of benzene rings is 2. The predicted octanol–water partition coefficient (Wildman–Crippen LogP) is 2.77. The van der Waals surface area contributed by atoms with Gasteiger partial charge in [0, 0.05) is 11.1 Å². The van der Waals surface area contributed by atoms with Gasteiger partial charge >= 0.3 is 5.82 Å². The molecule has 0 aliphatic rings. The molecule has 0 saturated heterocycles. The van der Waals surface area contributed by atoms with Crippen LogP contribution in [0.25, 0.3) is 11.3 Å². The van der Waals surface area contributed by atoms with Crippen LogP contribution < -0.4 is 18.8 Å². The third-order valence-corrected chi connectivity index (χ3v) is 4.53. The maximum Gasteiger partial charge on any atom is 0.330 e. The number of imidazole rings is 1. The molecule has 0 fully saturated rings. The number of aromatic nitrogens is 2. The zero-order valence-corrected chi connectivity index (χ0v) is 16.1. The van der Waals surface area contributed by atoms with E-state index >= 15 is 0 Å². The summed E-state index contributed by atoms with van der Waals surface area (Å²) in [5, 5.41) is 0. The zero-order chi connectivity index (χ0) is 19.6. The summed E-state index contributed by atoms with van der Waals surface area (Å²) < 4.78 is 19.8. The lowest BCUT2D eigenvalue weighted by Crippen LogP contribution is -2.35. The Morgan fingerprint density at radius 3 is 2.07 bits per heavy atom. The molecular formula is C21H23N2O4+. The van der Waals surface area contributed by atoms with Crippen molar-refractivity contribution >= 4 is 5.78 Å². The summed E-state index contributed by atoms with van der Waals surface area (Å²) in [5.41, 5.74) is 2.45. The van der Waals surface area contributed by atoms with Gasteiger partial charge in [0.05, 0.1) is 35.4 Å². The number of hydrogen-bond acceptors (Lipinski definition) is 4. The molecule has 1 aromatic heterocycles. The van der Waals surface area contributed by atoms with E-state index < -0.39 is 0 Å². The molecule has 27 heavy (non-hydrogen) atoms. The Balaban J connectivity index is 2.11. The van der Waals surface area contributed by atoms with E-state index in [4.69, 9.17) is 14.2 Å². The average molecular weight is 367 g/mol. The van der Waals surface area contributed by atoms with Crippen molar-refractivity contribution in [3.8, 4) is 28.5 Å². The number of methoxy groups -OCH3 is 3. The quantitative estimate of drug-likeness (QED) is 0.497. The summed E-state index contributed by atoms with van der Waals surface area (Å²) in [6.07, 6.45) is 1.94. The van der Waals surface area contributed by atoms with Gasteiger partial charge in [-0.05, 0) is 12.1 Å². The second kappa shape index (κ2) is 7.53. The highest BCUT2D eigenvalue weighted by atomic mass is 16.5. The third-order valence-electron chi connectivity index (χ3n) is 4.53. The minimum Gasteiger partial charge on any atom is -0.493 e. The number of aryl methyl sites for hydroxylation is 1. The molecule has 0 spiro atoms. The van der Waals surface area contributed by atoms with Gasteiger partial charge in [-0.3, -0.25) is 4.79 Å². The fourth-order valence-electron chi connectivity index (χ4n) is 3.21. The molecular weight excluding hydrogens is 344 g/mol. The molecule has 140 valence electrons. The zero-order valence-electron chi connectivity index (χ0n) is 16.1. The third kappa shape index (κ3) is 3.26. The number of hydrogen-bond donors (Lipinski definition) is 0. The fourth-order valence-corrected chi connectivity index (χ4v) is 3.21. The van der Waals surface area contributed by atoms with Crippen molar-refractivity contribution in [2.45, 2.75) is 0 Å². The number of carbonyl (C=O) groups is 1. The van der Waals surface area contributed by atoms with Crippen LogP contribution in [-0.2, 0) is 14.1 Å². The van der Waals surface area contributed by atoms with Crippen LogP contribution in [0, 0.1) is 0 Å². The van der Waals surface area contributed by atoms with Crippen LogP contribution in [0.3, 0.4) is 0 Å². The first-order chi connectivity index (χ1) is 13.0. The van der Waals surface area contributed by atoms with E-state index in [2.05, 4.69) is 0 Å². The molecule has 2 aromatic carbocycles. The van der Waals surface area contributed by atoms with Crippen molar-refractivity contribution in [1.82, 2.24) is 4.57 Å². The van der Waals surface area contributed by atoms with Gasteiger partial charge in [-0.1, -0.05) is 30.3 Å². The summed E-state index contributed by atoms with van der Waals surface area (Å²) in [7, 11) is 8.33. The number of ketones is 1. The highest BCUT2D eigenvalue weighted by Crippen LogP contribution is 2.38. The molecule has 3 rings (SSSR count). The summed E-state index contributed by atoms with van der Waals surface area (Å²) >= 11 is 0. The summed E-state index contributed by atoms with van der Waals surface area (Å²) in [5.74, 6) is 1.75. The molecule has 0 aliphatic heterocycles. The molecule has 0 atom stereocenters. The Kier molecular flexibility index (Phi) is 5.16. The largest absolute Gasteiger partial charge is 0.493 e. The molecule has 6 heteroatoms. The monoisotopic (exact) mass is 367 g/mol. The van der Waals surface area contributed by atoms with Gasteiger partial charge in [0.25, 0.3) is 5.78 Å². The number of carbonyl (C=O) groups excluding carboxylic acids is 1. The van der Waals surface area contributed by atoms with Crippen LogP contribution in [0.1, 0.15) is 16.2 Å². The summed E-state index contributed by atoms with van der Waals surface area (Å²) in [4.78, 5) is 13.3. The predicted molar refractivity (Wildman–Crippen MR) is 102 cm³/mol. The Hall–Kier alpha value is -3.28. The van der Waals surface area contributed by atoms with Gasteiger partial charge in [0.1, 0.15) is 6.20 Å². The van der Waals surface area contributed by atoms with E-state index in [1.165, 1.54) is 21.3 Å². The van der Waals surface area contributed by atoms with Gasteiger partial charge in [-0.15, -0.1) is 0 Å². The average Bonchev–Trinajstić information content (AvgIpc) is 3.00. The Morgan fingerprint density at radius 2 is 1.56 bits per heavy atom. The van der Waals surface area contributed by atoms with E-state index in [1.54, 1.807) is 12.1 Å².